The Hall–Kier alpha value is -0.220. The summed E-state index contributed by atoms with van der Waals surface area (Å²) in [5.74, 6) is 2.42. The molecule has 18 heavy (non-hydrogen) atoms. The zero-order valence-electron chi connectivity index (χ0n) is 12.4. The molecule has 0 aromatic heterocycles. The van der Waals surface area contributed by atoms with E-state index in [9.17, 15) is 4.79 Å². The van der Waals surface area contributed by atoms with Crippen LogP contribution in [0.25, 0.3) is 0 Å². The number of carbonyl (C=O) groups excluding carboxylic acids is 1. The average molecular weight is 272 g/mol. The predicted octanol–water partition coefficient (Wildman–Crippen LogP) is 2.57. The maximum Gasteiger partial charge on any atom is 0.241 e. The Labute approximate surface area is 116 Å². The molecule has 4 unspecified atom stereocenters. The SMILES string of the molecule is CCC(C)C1NC(CC)N(CC(C)CSC)C1=O. The van der Waals surface area contributed by atoms with Gasteiger partial charge < -0.3 is 4.90 Å². The first-order chi connectivity index (χ1) is 8.54. The van der Waals surface area contributed by atoms with Gasteiger partial charge in [0.25, 0.3) is 0 Å². The van der Waals surface area contributed by atoms with Gasteiger partial charge in [-0.1, -0.05) is 34.1 Å². The van der Waals surface area contributed by atoms with Gasteiger partial charge in [0, 0.05) is 6.54 Å². The van der Waals surface area contributed by atoms with Gasteiger partial charge in [-0.3, -0.25) is 10.1 Å². The van der Waals surface area contributed by atoms with Crippen LogP contribution in [0, 0.1) is 11.8 Å². The highest BCUT2D eigenvalue weighted by Gasteiger charge is 2.40. The summed E-state index contributed by atoms with van der Waals surface area (Å²) in [7, 11) is 0. The monoisotopic (exact) mass is 272 g/mol. The van der Waals surface area contributed by atoms with Crippen LogP contribution in [-0.4, -0.2) is 41.6 Å². The van der Waals surface area contributed by atoms with E-state index in [1.807, 2.05) is 11.8 Å². The molecule has 0 radical (unpaired) electrons. The molecule has 1 rings (SSSR count). The minimum Gasteiger partial charge on any atom is -0.326 e. The van der Waals surface area contributed by atoms with E-state index in [1.165, 1.54) is 0 Å². The summed E-state index contributed by atoms with van der Waals surface area (Å²) in [6, 6.07) is 0.0291. The van der Waals surface area contributed by atoms with Gasteiger partial charge in [-0.25, -0.2) is 0 Å². The van der Waals surface area contributed by atoms with Crippen LogP contribution in [-0.2, 0) is 4.79 Å². The first-order valence-corrected chi connectivity index (χ1v) is 8.49. The Balaban J connectivity index is 2.67. The molecule has 0 bridgehead atoms. The van der Waals surface area contributed by atoms with Crippen LogP contribution in [0.3, 0.4) is 0 Å². The molecule has 106 valence electrons. The third-order valence-electron chi connectivity index (χ3n) is 3.86. The highest BCUT2D eigenvalue weighted by Crippen LogP contribution is 2.22. The van der Waals surface area contributed by atoms with Crippen LogP contribution >= 0.6 is 11.8 Å². The number of nitrogens with zero attached hydrogens (tertiary/aromatic N) is 1. The van der Waals surface area contributed by atoms with Gasteiger partial charge in [0.05, 0.1) is 12.2 Å². The Morgan fingerprint density at radius 1 is 1.39 bits per heavy atom. The van der Waals surface area contributed by atoms with Gasteiger partial charge in [0.2, 0.25) is 5.91 Å². The quantitative estimate of drug-likeness (QED) is 0.773. The van der Waals surface area contributed by atoms with Crippen LogP contribution in [0.5, 0.6) is 0 Å². The van der Waals surface area contributed by atoms with E-state index in [0.29, 0.717) is 17.7 Å². The maximum absolute atomic E-state index is 12.5. The van der Waals surface area contributed by atoms with E-state index in [4.69, 9.17) is 0 Å². The third kappa shape index (κ3) is 3.64. The average Bonchev–Trinajstić information content (AvgIpc) is 2.66. The molecule has 4 atom stereocenters. The van der Waals surface area contributed by atoms with E-state index in [-0.39, 0.29) is 12.2 Å². The topological polar surface area (TPSA) is 32.3 Å². The molecule has 1 saturated heterocycles. The molecule has 0 aliphatic carbocycles. The fourth-order valence-corrected chi connectivity index (χ4v) is 3.25. The Bertz CT molecular complexity index is 273. The van der Waals surface area contributed by atoms with Crippen LogP contribution in [0.15, 0.2) is 0 Å². The van der Waals surface area contributed by atoms with Crippen molar-refractivity contribution < 1.29 is 4.79 Å². The van der Waals surface area contributed by atoms with Crippen molar-refractivity contribution in [3.05, 3.63) is 0 Å². The zero-order valence-corrected chi connectivity index (χ0v) is 13.2. The van der Waals surface area contributed by atoms with Crippen molar-refractivity contribution >= 4 is 17.7 Å². The summed E-state index contributed by atoms with van der Waals surface area (Å²) in [6.45, 7) is 9.58. The van der Waals surface area contributed by atoms with Gasteiger partial charge in [-0.05, 0) is 30.3 Å². The molecule has 1 amide bonds. The standard InChI is InChI=1S/C14H28N2OS/c1-6-11(4)13-14(17)16(12(7-2)15-13)8-10(3)9-18-5/h10-13,15H,6-9H2,1-5H3. The molecule has 1 N–H and O–H groups in total. The largest absolute Gasteiger partial charge is 0.326 e. The Morgan fingerprint density at radius 3 is 2.56 bits per heavy atom. The highest BCUT2D eigenvalue weighted by atomic mass is 32.2. The summed E-state index contributed by atoms with van der Waals surface area (Å²) < 4.78 is 0. The van der Waals surface area contributed by atoms with Gasteiger partial charge in [0.1, 0.15) is 0 Å². The fraction of sp³-hybridized carbons (Fsp3) is 0.929. The lowest BCUT2D eigenvalue weighted by molar-refractivity contribution is -0.131. The van der Waals surface area contributed by atoms with Gasteiger partial charge >= 0.3 is 0 Å². The number of hydrogen-bond donors (Lipinski definition) is 1. The number of amides is 1. The number of rotatable bonds is 7. The molecular weight excluding hydrogens is 244 g/mol. The van der Waals surface area contributed by atoms with Crippen molar-refractivity contribution in [3.8, 4) is 0 Å². The van der Waals surface area contributed by atoms with Crippen molar-refractivity contribution in [1.29, 1.82) is 0 Å². The van der Waals surface area contributed by atoms with Gasteiger partial charge in [-0.15, -0.1) is 0 Å². The van der Waals surface area contributed by atoms with Crippen LogP contribution in [0.1, 0.15) is 40.5 Å². The molecule has 0 spiro atoms. The van der Waals surface area contributed by atoms with Crippen LogP contribution in [0.2, 0.25) is 0 Å². The van der Waals surface area contributed by atoms with Crippen molar-refractivity contribution in [2.75, 3.05) is 18.6 Å². The van der Waals surface area contributed by atoms with Gasteiger partial charge in [-0.2, -0.15) is 11.8 Å². The molecule has 0 aromatic carbocycles. The maximum atomic E-state index is 12.5. The summed E-state index contributed by atoms with van der Waals surface area (Å²) >= 11 is 1.86. The normalized spacial score (nSPS) is 27.6. The second-order valence-electron chi connectivity index (χ2n) is 5.51. The predicted molar refractivity (Wildman–Crippen MR) is 79.7 cm³/mol. The third-order valence-corrected chi connectivity index (χ3v) is 4.76. The fourth-order valence-electron chi connectivity index (χ4n) is 2.57. The second kappa shape index (κ2) is 7.39. The highest BCUT2D eigenvalue weighted by molar-refractivity contribution is 7.98. The lowest BCUT2D eigenvalue weighted by atomic mass is 9.99. The van der Waals surface area contributed by atoms with Crippen LogP contribution in [0.4, 0.5) is 0 Å². The summed E-state index contributed by atoms with van der Waals surface area (Å²) in [5, 5.41) is 3.51. The van der Waals surface area contributed by atoms with E-state index < -0.39 is 0 Å². The van der Waals surface area contributed by atoms with E-state index in [2.05, 4.69) is 44.2 Å². The Kier molecular flexibility index (Phi) is 6.50. The lowest BCUT2D eigenvalue weighted by Gasteiger charge is -2.26. The molecule has 1 aliphatic rings. The number of thioether (sulfide) groups is 1. The first-order valence-electron chi connectivity index (χ1n) is 7.10. The van der Waals surface area contributed by atoms with E-state index in [0.717, 1.165) is 25.1 Å². The molecule has 4 heteroatoms. The Morgan fingerprint density at radius 2 is 2.06 bits per heavy atom. The summed E-state index contributed by atoms with van der Waals surface area (Å²) in [4.78, 5) is 14.5. The first kappa shape index (κ1) is 15.8. The molecular formula is C14H28N2OS. The smallest absolute Gasteiger partial charge is 0.241 e. The summed E-state index contributed by atoms with van der Waals surface area (Å²) in [5.41, 5.74) is 0. The van der Waals surface area contributed by atoms with E-state index in [1.54, 1.807) is 0 Å². The minimum absolute atomic E-state index is 0.0291. The molecule has 0 saturated carbocycles. The van der Waals surface area contributed by atoms with Crippen molar-refractivity contribution in [2.24, 2.45) is 11.8 Å². The molecule has 0 aromatic rings. The van der Waals surface area contributed by atoms with Crippen molar-refractivity contribution in [2.45, 2.75) is 52.7 Å². The van der Waals surface area contributed by atoms with Crippen LogP contribution < -0.4 is 5.32 Å². The number of hydrogen-bond acceptors (Lipinski definition) is 3. The van der Waals surface area contributed by atoms with E-state index >= 15 is 0 Å². The zero-order chi connectivity index (χ0) is 13.7. The molecule has 1 heterocycles. The van der Waals surface area contributed by atoms with Crippen molar-refractivity contribution in [3.63, 3.8) is 0 Å². The van der Waals surface area contributed by atoms with Gasteiger partial charge in [0.15, 0.2) is 0 Å². The minimum atomic E-state index is 0.0291. The number of carbonyl (C=O) groups is 1. The molecule has 3 nitrogen and oxygen atoms in total. The lowest BCUT2D eigenvalue weighted by Crippen LogP contribution is -2.39. The molecule has 1 aliphatic heterocycles. The molecule has 1 fully saturated rings. The van der Waals surface area contributed by atoms with Crippen molar-refractivity contribution in [1.82, 2.24) is 10.2 Å². The summed E-state index contributed by atoms with van der Waals surface area (Å²) in [6.07, 6.45) is 4.40. The second-order valence-corrected chi connectivity index (χ2v) is 6.42. The number of nitrogens with one attached hydrogen (secondary N) is 1.